The Labute approximate surface area is 155 Å². The van der Waals surface area contributed by atoms with Crippen LogP contribution >= 0.6 is 22.9 Å². The molecule has 5 heteroatoms. The molecule has 2 heterocycles. The van der Waals surface area contributed by atoms with E-state index >= 15 is 0 Å². The first kappa shape index (κ1) is 16.2. The lowest BCUT2D eigenvalue weighted by Gasteiger charge is -2.17. The van der Waals surface area contributed by atoms with Crippen molar-refractivity contribution >= 4 is 34.9 Å². The molecular formula is C20H15ClN2OS. The van der Waals surface area contributed by atoms with E-state index in [-0.39, 0.29) is 5.78 Å². The molecule has 0 amide bonds. The molecule has 0 fully saturated rings. The van der Waals surface area contributed by atoms with Crippen molar-refractivity contribution in [3.63, 3.8) is 0 Å². The summed E-state index contributed by atoms with van der Waals surface area (Å²) in [5, 5.41) is 1.49. The van der Waals surface area contributed by atoms with Crippen molar-refractivity contribution in [3.8, 4) is 0 Å². The van der Waals surface area contributed by atoms with Crippen LogP contribution in [0, 0.1) is 6.92 Å². The van der Waals surface area contributed by atoms with Crippen LogP contribution < -0.4 is 0 Å². The van der Waals surface area contributed by atoms with Gasteiger partial charge in [0.2, 0.25) is 5.78 Å². The molecule has 0 saturated carbocycles. The van der Waals surface area contributed by atoms with Gasteiger partial charge in [0.1, 0.15) is 11.7 Å². The van der Waals surface area contributed by atoms with Crippen LogP contribution in [0.3, 0.4) is 0 Å². The minimum atomic E-state index is -0.604. The van der Waals surface area contributed by atoms with Gasteiger partial charge >= 0.3 is 0 Å². The van der Waals surface area contributed by atoms with E-state index < -0.39 is 6.04 Å². The summed E-state index contributed by atoms with van der Waals surface area (Å²) < 4.78 is 0. The summed E-state index contributed by atoms with van der Waals surface area (Å²) in [6.07, 6.45) is 2.48. The van der Waals surface area contributed by atoms with Gasteiger partial charge in [-0.3, -0.25) is 9.79 Å². The molecule has 4 rings (SSSR count). The average molecular weight is 367 g/mol. The fourth-order valence-electron chi connectivity index (χ4n) is 3.02. The van der Waals surface area contributed by atoms with Gasteiger partial charge in [-0.2, -0.15) is 0 Å². The molecule has 1 unspecified atom stereocenters. The van der Waals surface area contributed by atoms with Gasteiger partial charge in [-0.25, -0.2) is 4.98 Å². The van der Waals surface area contributed by atoms with Crippen LogP contribution in [0.4, 0.5) is 0 Å². The molecule has 0 N–H and O–H groups in total. The first-order chi connectivity index (χ1) is 12.1. The predicted molar refractivity (Wildman–Crippen MR) is 102 cm³/mol. The number of aromatic nitrogens is 1. The number of rotatable bonds is 3. The number of fused-ring (bicyclic) bond motifs is 1. The number of aryl methyl sites for hydroxylation is 1. The minimum absolute atomic E-state index is 0.0794. The molecular weight excluding hydrogens is 352 g/mol. The molecule has 0 bridgehead atoms. The highest BCUT2D eigenvalue weighted by molar-refractivity contribution is 7.13. The standard InChI is InChI=1S/C20H15ClN2OS/c1-12-6-5-9-14(21)17(12)19-20(24)18-15(11-22-19)25-16(23-18)10-13-7-3-2-4-8-13/h2-9,11,19H,10H2,1H3. The number of benzene rings is 2. The Hall–Kier alpha value is -2.30. The number of Topliss-reactive ketones (excluding diaryl/α,β-unsaturated/α-hetero) is 1. The van der Waals surface area contributed by atoms with Crippen LogP contribution in [-0.4, -0.2) is 17.0 Å². The van der Waals surface area contributed by atoms with Crippen molar-refractivity contribution in [2.75, 3.05) is 0 Å². The molecule has 0 radical (unpaired) electrons. The lowest BCUT2D eigenvalue weighted by Crippen LogP contribution is -2.18. The summed E-state index contributed by atoms with van der Waals surface area (Å²) in [5.74, 6) is -0.0794. The molecule has 1 aliphatic heterocycles. The van der Waals surface area contributed by atoms with E-state index in [1.54, 1.807) is 12.3 Å². The van der Waals surface area contributed by atoms with Gasteiger partial charge < -0.3 is 0 Å². The second-order valence-corrected chi connectivity index (χ2v) is 7.52. The largest absolute Gasteiger partial charge is 0.290 e. The molecule has 2 aromatic carbocycles. The Morgan fingerprint density at radius 3 is 2.68 bits per heavy atom. The second-order valence-electron chi connectivity index (χ2n) is 6.00. The number of aliphatic imine (C=N–C) groups is 1. The van der Waals surface area contributed by atoms with Crippen molar-refractivity contribution < 1.29 is 4.79 Å². The first-order valence-electron chi connectivity index (χ1n) is 7.99. The van der Waals surface area contributed by atoms with Gasteiger partial charge in [0, 0.05) is 23.2 Å². The van der Waals surface area contributed by atoms with Gasteiger partial charge in [-0.15, -0.1) is 11.3 Å². The van der Waals surface area contributed by atoms with Crippen LogP contribution in [0.5, 0.6) is 0 Å². The Morgan fingerprint density at radius 1 is 1.12 bits per heavy atom. The van der Waals surface area contributed by atoms with Gasteiger partial charge in [0.05, 0.1) is 9.88 Å². The zero-order valence-corrected chi connectivity index (χ0v) is 15.1. The van der Waals surface area contributed by atoms with Crippen molar-refractivity contribution in [1.82, 2.24) is 4.98 Å². The number of carbonyl (C=O) groups is 1. The van der Waals surface area contributed by atoms with E-state index in [0.29, 0.717) is 10.7 Å². The maximum Gasteiger partial charge on any atom is 0.211 e. The molecule has 0 aliphatic carbocycles. The molecule has 3 nitrogen and oxygen atoms in total. The molecule has 25 heavy (non-hydrogen) atoms. The lowest BCUT2D eigenvalue weighted by atomic mass is 9.95. The molecule has 1 aliphatic rings. The Bertz CT molecular complexity index is 958. The molecule has 1 aromatic heterocycles. The Kier molecular flexibility index (Phi) is 4.24. The first-order valence-corrected chi connectivity index (χ1v) is 9.19. The van der Waals surface area contributed by atoms with Crippen molar-refractivity contribution in [3.05, 3.63) is 85.8 Å². The molecule has 3 aromatic rings. The molecule has 0 saturated heterocycles. The number of hydrogen-bond acceptors (Lipinski definition) is 4. The Morgan fingerprint density at radius 2 is 1.92 bits per heavy atom. The third-order valence-corrected chi connectivity index (χ3v) is 5.58. The van der Waals surface area contributed by atoms with Crippen LogP contribution in [-0.2, 0) is 6.42 Å². The Balaban J connectivity index is 1.67. The summed E-state index contributed by atoms with van der Waals surface area (Å²) >= 11 is 7.85. The molecule has 1 atom stereocenters. The highest BCUT2D eigenvalue weighted by Crippen LogP contribution is 2.35. The number of thiazole rings is 1. The second kappa shape index (κ2) is 6.54. The van der Waals surface area contributed by atoms with Crippen molar-refractivity contribution in [1.29, 1.82) is 0 Å². The van der Waals surface area contributed by atoms with Crippen molar-refractivity contribution in [2.45, 2.75) is 19.4 Å². The summed E-state index contributed by atoms with van der Waals surface area (Å²) in [5.41, 5.74) is 3.42. The van der Waals surface area contributed by atoms with Crippen LogP contribution in [0.1, 0.15) is 43.1 Å². The zero-order valence-electron chi connectivity index (χ0n) is 13.6. The fraction of sp³-hybridized carbons (Fsp3) is 0.150. The number of nitrogens with zero attached hydrogens (tertiary/aromatic N) is 2. The van der Waals surface area contributed by atoms with Crippen LogP contribution in [0.2, 0.25) is 5.02 Å². The SMILES string of the molecule is Cc1cccc(Cl)c1C1N=Cc2sc(Cc3ccccc3)nc2C1=O. The summed E-state index contributed by atoms with van der Waals surface area (Å²) in [7, 11) is 0. The van der Waals surface area contributed by atoms with Gasteiger partial charge in [-0.05, 0) is 24.1 Å². The number of carbonyl (C=O) groups excluding carboxylic acids is 1. The fourth-order valence-corrected chi connectivity index (χ4v) is 4.34. The van der Waals surface area contributed by atoms with Crippen molar-refractivity contribution in [2.24, 2.45) is 4.99 Å². The van der Waals surface area contributed by atoms with E-state index in [9.17, 15) is 4.79 Å². The smallest absolute Gasteiger partial charge is 0.211 e. The quantitative estimate of drug-likeness (QED) is 0.650. The van der Waals surface area contributed by atoms with E-state index in [1.807, 2.05) is 37.3 Å². The highest BCUT2D eigenvalue weighted by atomic mass is 35.5. The number of halogens is 1. The number of hydrogen-bond donors (Lipinski definition) is 0. The normalized spacial score (nSPS) is 16.1. The summed E-state index contributed by atoms with van der Waals surface area (Å²) in [6, 6.07) is 15.1. The minimum Gasteiger partial charge on any atom is -0.290 e. The zero-order chi connectivity index (χ0) is 17.4. The third-order valence-electron chi connectivity index (χ3n) is 4.26. The maximum absolute atomic E-state index is 13.0. The highest BCUT2D eigenvalue weighted by Gasteiger charge is 2.31. The van der Waals surface area contributed by atoms with E-state index in [0.717, 1.165) is 27.4 Å². The van der Waals surface area contributed by atoms with Gasteiger partial charge in [0.25, 0.3) is 0 Å². The summed E-state index contributed by atoms with van der Waals surface area (Å²) in [4.78, 5) is 22.9. The molecule has 0 spiro atoms. The van der Waals surface area contributed by atoms with Crippen LogP contribution in [0.25, 0.3) is 0 Å². The van der Waals surface area contributed by atoms with Gasteiger partial charge in [0.15, 0.2) is 0 Å². The predicted octanol–water partition coefficient (Wildman–Crippen LogP) is 5.05. The van der Waals surface area contributed by atoms with E-state index in [2.05, 4.69) is 22.1 Å². The van der Waals surface area contributed by atoms with Gasteiger partial charge in [-0.1, -0.05) is 54.1 Å². The van der Waals surface area contributed by atoms with E-state index in [4.69, 9.17) is 11.6 Å². The maximum atomic E-state index is 13.0. The van der Waals surface area contributed by atoms with E-state index in [1.165, 1.54) is 16.9 Å². The molecule has 124 valence electrons. The summed E-state index contributed by atoms with van der Waals surface area (Å²) in [6.45, 7) is 1.95. The van der Waals surface area contributed by atoms with Crippen LogP contribution in [0.15, 0.2) is 53.5 Å². The average Bonchev–Trinajstić information content (AvgIpc) is 3.01. The number of ketones is 1. The third kappa shape index (κ3) is 3.03. The monoisotopic (exact) mass is 366 g/mol. The topological polar surface area (TPSA) is 42.3 Å². The lowest BCUT2D eigenvalue weighted by molar-refractivity contribution is 0.0956.